The van der Waals surface area contributed by atoms with Gasteiger partial charge in [-0.15, -0.1) is 12.4 Å². The lowest BCUT2D eigenvalue weighted by Gasteiger charge is -2.11. The molecule has 0 atom stereocenters. The number of aromatic carboxylic acids is 1. The van der Waals surface area contributed by atoms with Gasteiger partial charge in [0, 0.05) is 6.54 Å². The molecule has 18 heavy (non-hydrogen) atoms. The first kappa shape index (κ1) is 16.9. The summed E-state index contributed by atoms with van der Waals surface area (Å²) in [7, 11) is -0.0285. The van der Waals surface area contributed by atoms with E-state index in [1.54, 1.807) is 19.0 Å². The Bertz CT molecular complexity index is 514. The van der Waals surface area contributed by atoms with Crippen molar-refractivity contribution in [3.05, 3.63) is 29.8 Å². The zero-order valence-corrected chi connectivity index (χ0v) is 11.8. The normalized spacial score (nSPS) is 11.1. The van der Waals surface area contributed by atoms with Crippen molar-refractivity contribution in [1.29, 1.82) is 0 Å². The third-order valence-electron chi connectivity index (χ3n) is 2.26. The van der Waals surface area contributed by atoms with Crippen molar-refractivity contribution < 1.29 is 18.3 Å². The average molecular weight is 294 g/mol. The smallest absolute Gasteiger partial charge is 0.337 e. The van der Waals surface area contributed by atoms with Crippen LogP contribution < -0.4 is 0 Å². The quantitative estimate of drug-likeness (QED) is 0.881. The Morgan fingerprint density at radius 3 is 2.33 bits per heavy atom. The van der Waals surface area contributed by atoms with Gasteiger partial charge in [0.05, 0.1) is 16.2 Å². The Morgan fingerprint density at radius 2 is 1.83 bits per heavy atom. The van der Waals surface area contributed by atoms with Gasteiger partial charge in [-0.05, 0) is 26.2 Å². The number of hydrogen-bond acceptors (Lipinski definition) is 4. The predicted molar refractivity (Wildman–Crippen MR) is 71.3 cm³/mol. The number of halogens is 1. The summed E-state index contributed by atoms with van der Waals surface area (Å²) in [5.74, 6) is -1.32. The van der Waals surface area contributed by atoms with E-state index in [1.807, 2.05) is 0 Å². The number of sulfone groups is 1. The molecule has 0 unspecified atom stereocenters. The van der Waals surface area contributed by atoms with Gasteiger partial charge in [0.25, 0.3) is 0 Å². The van der Waals surface area contributed by atoms with E-state index < -0.39 is 15.8 Å². The molecular formula is C11H16ClNO4S. The SMILES string of the molecule is CN(C)CCS(=O)(=O)c1ccccc1C(=O)O.Cl. The molecule has 7 heteroatoms. The van der Waals surface area contributed by atoms with Crippen LogP contribution in [-0.2, 0) is 9.84 Å². The van der Waals surface area contributed by atoms with E-state index in [9.17, 15) is 13.2 Å². The largest absolute Gasteiger partial charge is 0.478 e. The van der Waals surface area contributed by atoms with Crippen molar-refractivity contribution in [1.82, 2.24) is 4.90 Å². The predicted octanol–water partition coefficient (Wildman–Crippen LogP) is 1.14. The summed E-state index contributed by atoms with van der Waals surface area (Å²) in [5, 5.41) is 8.93. The standard InChI is InChI=1S/C11H15NO4S.ClH/c1-12(2)7-8-17(15,16)10-6-4-3-5-9(10)11(13)14;/h3-6H,7-8H2,1-2H3,(H,13,14);1H. The van der Waals surface area contributed by atoms with Crippen LogP contribution in [0.15, 0.2) is 29.2 Å². The molecule has 0 saturated heterocycles. The van der Waals surface area contributed by atoms with Crippen LogP contribution in [0, 0.1) is 0 Å². The molecule has 0 saturated carbocycles. The van der Waals surface area contributed by atoms with E-state index in [1.165, 1.54) is 24.3 Å². The van der Waals surface area contributed by atoms with Crippen molar-refractivity contribution in [2.45, 2.75) is 4.90 Å². The van der Waals surface area contributed by atoms with Crippen LogP contribution in [-0.4, -0.2) is 50.8 Å². The minimum Gasteiger partial charge on any atom is -0.478 e. The highest BCUT2D eigenvalue weighted by molar-refractivity contribution is 7.91. The number of nitrogens with zero attached hydrogens (tertiary/aromatic N) is 1. The molecule has 102 valence electrons. The highest BCUT2D eigenvalue weighted by Crippen LogP contribution is 2.17. The van der Waals surface area contributed by atoms with Gasteiger partial charge >= 0.3 is 5.97 Å². The topological polar surface area (TPSA) is 74.7 Å². The minimum absolute atomic E-state index is 0. The molecule has 0 aliphatic rings. The highest BCUT2D eigenvalue weighted by Gasteiger charge is 2.21. The number of carbonyl (C=O) groups is 1. The first-order valence-corrected chi connectivity index (χ1v) is 6.69. The van der Waals surface area contributed by atoms with Gasteiger partial charge in [-0.2, -0.15) is 0 Å². The molecule has 1 rings (SSSR count). The number of benzene rings is 1. The van der Waals surface area contributed by atoms with Crippen LogP contribution in [0.5, 0.6) is 0 Å². The van der Waals surface area contributed by atoms with Crippen molar-refractivity contribution in [3.63, 3.8) is 0 Å². The summed E-state index contributed by atoms with van der Waals surface area (Å²) < 4.78 is 23.9. The molecule has 1 aromatic rings. The third-order valence-corrected chi connectivity index (χ3v) is 4.01. The second kappa shape index (κ2) is 6.72. The number of carboxylic acids is 1. The molecule has 0 fully saturated rings. The first-order valence-electron chi connectivity index (χ1n) is 5.04. The Labute approximate surface area is 113 Å². The van der Waals surface area contributed by atoms with Gasteiger partial charge < -0.3 is 10.0 Å². The molecule has 0 aromatic heterocycles. The summed E-state index contributed by atoms with van der Waals surface area (Å²) in [5.41, 5.74) is -0.175. The summed E-state index contributed by atoms with van der Waals surface area (Å²) in [4.78, 5) is 12.6. The zero-order valence-electron chi connectivity index (χ0n) is 10.2. The molecule has 0 heterocycles. The van der Waals surface area contributed by atoms with Crippen LogP contribution in [0.25, 0.3) is 0 Å². The van der Waals surface area contributed by atoms with Gasteiger partial charge in [0.1, 0.15) is 0 Å². The maximum Gasteiger partial charge on any atom is 0.337 e. The van der Waals surface area contributed by atoms with E-state index in [0.29, 0.717) is 6.54 Å². The average Bonchev–Trinajstić information content (AvgIpc) is 2.26. The van der Waals surface area contributed by atoms with Gasteiger partial charge in [-0.25, -0.2) is 13.2 Å². The van der Waals surface area contributed by atoms with Gasteiger partial charge in [-0.1, -0.05) is 12.1 Å². The summed E-state index contributed by atoms with van der Waals surface area (Å²) in [6.45, 7) is 0.357. The molecule has 0 spiro atoms. The van der Waals surface area contributed by atoms with Crippen molar-refractivity contribution in [3.8, 4) is 0 Å². The van der Waals surface area contributed by atoms with Crippen molar-refractivity contribution >= 4 is 28.2 Å². The van der Waals surface area contributed by atoms with Crippen molar-refractivity contribution in [2.24, 2.45) is 0 Å². The fourth-order valence-corrected chi connectivity index (χ4v) is 2.93. The minimum atomic E-state index is -3.55. The Kier molecular flexibility index (Phi) is 6.31. The van der Waals surface area contributed by atoms with E-state index in [-0.39, 0.29) is 28.6 Å². The number of hydrogen-bond donors (Lipinski definition) is 1. The van der Waals surface area contributed by atoms with Crippen molar-refractivity contribution in [2.75, 3.05) is 26.4 Å². The van der Waals surface area contributed by atoms with Gasteiger partial charge in [-0.3, -0.25) is 0 Å². The molecular weight excluding hydrogens is 278 g/mol. The Balaban J connectivity index is 0.00000289. The molecule has 0 bridgehead atoms. The number of carboxylic acid groups (broad SMARTS) is 1. The summed E-state index contributed by atoms with van der Waals surface area (Å²) in [6, 6.07) is 5.66. The molecule has 0 aliphatic carbocycles. The Morgan fingerprint density at radius 1 is 1.28 bits per heavy atom. The number of rotatable bonds is 5. The van der Waals surface area contributed by atoms with Gasteiger partial charge in [0.15, 0.2) is 9.84 Å². The van der Waals surface area contributed by atoms with Crippen LogP contribution in [0.3, 0.4) is 0 Å². The molecule has 0 aliphatic heterocycles. The van der Waals surface area contributed by atoms with E-state index in [4.69, 9.17) is 5.11 Å². The van der Waals surface area contributed by atoms with Crippen LogP contribution in [0.1, 0.15) is 10.4 Å². The highest BCUT2D eigenvalue weighted by atomic mass is 35.5. The maximum atomic E-state index is 12.0. The molecule has 1 N–H and O–H groups in total. The molecule has 5 nitrogen and oxygen atoms in total. The second-order valence-corrected chi connectivity index (χ2v) is 6.00. The van der Waals surface area contributed by atoms with Crippen LogP contribution >= 0.6 is 12.4 Å². The summed E-state index contributed by atoms with van der Waals surface area (Å²) in [6.07, 6.45) is 0. The lowest BCUT2D eigenvalue weighted by Crippen LogP contribution is -2.23. The van der Waals surface area contributed by atoms with E-state index in [2.05, 4.69) is 0 Å². The third kappa shape index (κ3) is 4.29. The molecule has 0 amide bonds. The fourth-order valence-electron chi connectivity index (χ4n) is 1.33. The van der Waals surface area contributed by atoms with Gasteiger partial charge in [0.2, 0.25) is 0 Å². The summed E-state index contributed by atoms with van der Waals surface area (Å²) >= 11 is 0. The molecule has 0 radical (unpaired) electrons. The van der Waals surface area contributed by atoms with E-state index in [0.717, 1.165) is 0 Å². The fraction of sp³-hybridized carbons (Fsp3) is 0.364. The first-order chi connectivity index (χ1) is 7.84. The molecule has 1 aromatic carbocycles. The van der Waals surface area contributed by atoms with E-state index >= 15 is 0 Å². The lowest BCUT2D eigenvalue weighted by atomic mass is 10.2. The maximum absolute atomic E-state index is 12.0. The monoisotopic (exact) mass is 293 g/mol. The zero-order chi connectivity index (χ0) is 13.1. The lowest BCUT2D eigenvalue weighted by molar-refractivity contribution is 0.0692. The second-order valence-electron chi connectivity index (χ2n) is 3.92. The van der Waals surface area contributed by atoms with Crippen LogP contribution in [0.4, 0.5) is 0 Å². The Hall–Kier alpha value is -1.11. The van der Waals surface area contributed by atoms with Crippen LogP contribution in [0.2, 0.25) is 0 Å².